The van der Waals surface area contributed by atoms with Crippen molar-refractivity contribution >= 4 is 67.3 Å². The van der Waals surface area contributed by atoms with Crippen LogP contribution in [-0.2, 0) is 14.3 Å². The second kappa shape index (κ2) is 7.87. The highest BCUT2D eigenvalue weighted by Crippen LogP contribution is 2.50. The molecule has 2 aliphatic heterocycles. The van der Waals surface area contributed by atoms with E-state index in [9.17, 15) is 9.59 Å². The van der Waals surface area contributed by atoms with E-state index in [2.05, 4.69) is 20.9 Å². The molecular formula is C22H19BrCl2N2O3S. The fourth-order valence-electron chi connectivity index (χ4n) is 4.57. The molecule has 1 aromatic heterocycles. The lowest BCUT2D eigenvalue weighted by Gasteiger charge is -2.37. The highest BCUT2D eigenvalue weighted by molar-refractivity contribution is 9.09. The number of carbonyl (C=O) groups excluding carboxylic acids is 2. The van der Waals surface area contributed by atoms with Crippen molar-refractivity contribution in [2.45, 2.75) is 50.1 Å². The van der Waals surface area contributed by atoms with Crippen molar-refractivity contribution in [3.8, 4) is 0 Å². The number of aryl methyl sites for hydroxylation is 2. The van der Waals surface area contributed by atoms with E-state index in [-0.39, 0.29) is 34.3 Å². The molecule has 1 fully saturated rings. The van der Waals surface area contributed by atoms with Crippen LogP contribution in [0.3, 0.4) is 0 Å². The Labute approximate surface area is 202 Å². The van der Waals surface area contributed by atoms with E-state index in [1.54, 1.807) is 23.1 Å². The molecule has 4 unspecified atom stereocenters. The summed E-state index contributed by atoms with van der Waals surface area (Å²) in [6.45, 7) is 3.87. The van der Waals surface area contributed by atoms with Crippen molar-refractivity contribution in [3.63, 3.8) is 0 Å². The van der Waals surface area contributed by atoms with Gasteiger partial charge in [-0.25, -0.2) is 4.98 Å². The number of alkyl halides is 1. The number of carbonyl (C=O) groups is 2. The molecular weight excluding hydrogens is 523 g/mol. The predicted molar refractivity (Wildman–Crippen MR) is 125 cm³/mol. The maximum absolute atomic E-state index is 13.7. The molecule has 3 heterocycles. The van der Waals surface area contributed by atoms with Gasteiger partial charge in [0.15, 0.2) is 16.7 Å². The molecule has 2 aromatic rings. The van der Waals surface area contributed by atoms with Gasteiger partial charge in [-0.2, -0.15) is 0 Å². The Morgan fingerprint density at radius 3 is 2.65 bits per heavy atom. The van der Waals surface area contributed by atoms with Crippen LogP contribution >= 0.6 is 50.5 Å². The topological polar surface area (TPSA) is 59.5 Å². The number of aromatic nitrogens is 1. The molecule has 0 bridgehead atoms. The summed E-state index contributed by atoms with van der Waals surface area (Å²) in [6.07, 6.45) is 2.08. The third kappa shape index (κ3) is 3.45. The van der Waals surface area contributed by atoms with Crippen LogP contribution in [-0.4, -0.2) is 27.6 Å². The predicted octanol–water partition coefficient (Wildman–Crippen LogP) is 5.94. The number of hydrogen-bond acceptors (Lipinski definition) is 5. The summed E-state index contributed by atoms with van der Waals surface area (Å²) in [5.74, 6) is -0.463. The third-order valence-electron chi connectivity index (χ3n) is 6.27. The summed E-state index contributed by atoms with van der Waals surface area (Å²) in [5, 5.41) is 1.33. The van der Waals surface area contributed by atoms with E-state index in [0.717, 1.165) is 23.4 Å². The Bertz CT molecular complexity index is 1130. The molecule has 1 aromatic carbocycles. The molecule has 1 aliphatic carbocycles. The first-order valence-corrected chi connectivity index (χ1v) is 12.6. The lowest BCUT2D eigenvalue weighted by molar-refractivity contribution is -0.131. The Hall–Kier alpha value is -1.41. The molecule has 162 valence electrons. The number of nitrogens with zero attached hydrogens (tertiary/aromatic N) is 2. The fourth-order valence-corrected chi connectivity index (χ4v) is 6.48. The van der Waals surface area contributed by atoms with Gasteiger partial charge in [-0.05, 0) is 50.8 Å². The summed E-state index contributed by atoms with van der Waals surface area (Å²) in [6, 6.07) is 4.55. The first kappa shape index (κ1) is 21.4. The molecule has 0 N–H and O–H groups in total. The van der Waals surface area contributed by atoms with E-state index < -0.39 is 6.04 Å². The highest BCUT2D eigenvalue weighted by Gasteiger charge is 2.53. The molecule has 0 saturated heterocycles. The second-order valence-electron chi connectivity index (χ2n) is 8.17. The first-order valence-electron chi connectivity index (χ1n) is 10.1. The Kier molecular flexibility index (Phi) is 5.44. The smallest absolute Gasteiger partial charge is 0.296 e. The van der Waals surface area contributed by atoms with Crippen molar-refractivity contribution in [3.05, 3.63) is 55.7 Å². The monoisotopic (exact) mass is 540 g/mol. The maximum Gasteiger partial charge on any atom is 0.296 e. The van der Waals surface area contributed by atoms with Gasteiger partial charge in [0.1, 0.15) is 6.10 Å². The Morgan fingerprint density at radius 1 is 1.19 bits per heavy atom. The Morgan fingerprint density at radius 2 is 1.97 bits per heavy atom. The van der Waals surface area contributed by atoms with E-state index in [0.29, 0.717) is 32.7 Å². The van der Waals surface area contributed by atoms with Gasteiger partial charge in [0.05, 0.1) is 33.3 Å². The van der Waals surface area contributed by atoms with E-state index in [1.807, 2.05) is 13.8 Å². The molecule has 0 radical (unpaired) electrons. The fraction of sp³-hybridized carbons (Fsp3) is 0.409. The number of benzene rings is 1. The number of fused-ring (bicyclic) bond motifs is 1. The molecule has 0 spiro atoms. The highest BCUT2D eigenvalue weighted by atomic mass is 79.9. The summed E-state index contributed by atoms with van der Waals surface area (Å²) in [7, 11) is 0. The van der Waals surface area contributed by atoms with Gasteiger partial charge in [-0.3, -0.25) is 14.5 Å². The van der Waals surface area contributed by atoms with Crippen LogP contribution in [0.4, 0.5) is 5.13 Å². The summed E-state index contributed by atoms with van der Waals surface area (Å²) < 4.78 is 6.20. The van der Waals surface area contributed by atoms with Crippen LogP contribution in [0, 0.1) is 19.8 Å². The first-order chi connectivity index (χ1) is 14.8. The van der Waals surface area contributed by atoms with Crippen molar-refractivity contribution in [1.29, 1.82) is 0 Å². The summed E-state index contributed by atoms with van der Waals surface area (Å²) in [5.41, 5.74) is 1.96. The minimum absolute atomic E-state index is 0.0210. The number of amides is 1. The minimum atomic E-state index is -0.647. The van der Waals surface area contributed by atoms with Crippen molar-refractivity contribution in [2.24, 2.45) is 5.92 Å². The lowest BCUT2D eigenvalue weighted by atomic mass is 9.77. The molecule has 3 aliphatic rings. The number of anilines is 1. The minimum Gasteiger partial charge on any atom is -0.483 e. The molecule has 1 saturated carbocycles. The summed E-state index contributed by atoms with van der Waals surface area (Å²) in [4.78, 5) is 34.7. The number of Topliss-reactive ketones (excluding diaryl/α,β-unsaturated/α-hetero) is 1. The zero-order valence-electron chi connectivity index (χ0n) is 16.8. The lowest BCUT2D eigenvalue weighted by Crippen LogP contribution is -2.41. The van der Waals surface area contributed by atoms with Crippen LogP contribution in [0.2, 0.25) is 10.0 Å². The van der Waals surface area contributed by atoms with Gasteiger partial charge in [0.2, 0.25) is 0 Å². The van der Waals surface area contributed by atoms with E-state index in [1.165, 1.54) is 11.3 Å². The van der Waals surface area contributed by atoms with Crippen molar-refractivity contribution in [1.82, 2.24) is 4.98 Å². The molecule has 1 amide bonds. The standard InChI is InChI=1S/C22H19BrCl2N2O3S/c1-9-10(2)31-22(26-9)27-18(11-3-5-14(24)15(25)7-11)17-19(28)13-8-12(23)4-6-16(13)30-20(17)21(27)29/h3,5,7,12-13,16,18H,4,6,8H2,1-2H3. The van der Waals surface area contributed by atoms with Crippen LogP contribution in [0.15, 0.2) is 29.5 Å². The average Bonchev–Trinajstić information content (AvgIpc) is 3.21. The van der Waals surface area contributed by atoms with Crippen molar-refractivity contribution in [2.75, 3.05) is 4.90 Å². The number of thiazole rings is 1. The molecule has 5 nitrogen and oxygen atoms in total. The number of hydrogen-bond donors (Lipinski definition) is 0. The number of ketones is 1. The summed E-state index contributed by atoms with van der Waals surface area (Å²) >= 11 is 17.5. The zero-order valence-corrected chi connectivity index (χ0v) is 20.7. The zero-order chi connectivity index (χ0) is 22.0. The van der Waals surface area contributed by atoms with Gasteiger partial charge in [0.25, 0.3) is 5.91 Å². The van der Waals surface area contributed by atoms with Gasteiger partial charge < -0.3 is 4.74 Å². The quantitative estimate of drug-likeness (QED) is 0.441. The average molecular weight is 542 g/mol. The number of halogens is 3. The Balaban J connectivity index is 1.67. The van der Waals surface area contributed by atoms with E-state index in [4.69, 9.17) is 27.9 Å². The van der Waals surface area contributed by atoms with Crippen molar-refractivity contribution < 1.29 is 14.3 Å². The largest absolute Gasteiger partial charge is 0.483 e. The van der Waals surface area contributed by atoms with Gasteiger partial charge >= 0.3 is 0 Å². The third-order valence-corrected chi connectivity index (χ3v) is 8.91. The SMILES string of the molecule is Cc1nc(N2C(=O)C3=C(C(=O)C4CC(Br)CCC4O3)C2c2ccc(Cl)c(Cl)c2)sc1C. The maximum atomic E-state index is 13.7. The number of rotatable bonds is 2. The van der Waals surface area contributed by atoms with E-state index >= 15 is 0 Å². The van der Waals surface area contributed by atoms with Crippen LogP contribution in [0.5, 0.6) is 0 Å². The van der Waals surface area contributed by atoms with Gasteiger partial charge in [0, 0.05) is 9.70 Å². The van der Waals surface area contributed by atoms with Crippen LogP contribution in [0.1, 0.15) is 41.4 Å². The van der Waals surface area contributed by atoms with Gasteiger partial charge in [-0.15, -0.1) is 11.3 Å². The normalized spacial score (nSPS) is 28.0. The van der Waals surface area contributed by atoms with Crippen LogP contribution < -0.4 is 4.90 Å². The molecule has 31 heavy (non-hydrogen) atoms. The van der Waals surface area contributed by atoms with Crippen LogP contribution in [0.25, 0.3) is 0 Å². The molecule has 4 atom stereocenters. The molecule has 9 heteroatoms. The second-order valence-corrected chi connectivity index (χ2v) is 11.5. The molecule has 5 rings (SSSR count). The van der Waals surface area contributed by atoms with Gasteiger partial charge in [-0.1, -0.05) is 45.2 Å². The number of ether oxygens (including phenoxy) is 1.